The van der Waals surface area contributed by atoms with E-state index in [0.29, 0.717) is 12.0 Å². The molecule has 18 heavy (non-hydrogen) atoms. The molecule has 0 aromatic heterocycles. The Bertz CT molecular complexity index is 291. The van der Waals surface area contributed by atoms with Crippen LogP contribution in [0.4, 0.5) is 0 Å². The molecule has 4 aliphatic carbocycles. The van der Waals surface area contributed by atoms with E-state index in [2.05, 4.69) is 5.32 Å². The molecule has 0 aromatic carbocycles. The minimum absolute atomic E-state index is 0.322. The maximum absolute atomic E-state index is 10.5. The van der Waals surface area contributed by atoms with E-state index in [9.17, 15) is 4.79 Å². The molecule has 0 aromatic rings. The first-order valence-corrected chi connectivity index (χ1v) is 7.62. The molecule has 0 spiro atoms. The van der Waals surface area contributed by atoms with Crippen LogP contribution < -0.4 is 5.32 Å². The first kappa shape index (κ1) is 12.5. The monoisotopic (exact) mass is 251 g/mol. The fourth-order valence-electron chi connectivity index (χ4n) is 5.08. The van der Waals surface area contributed by atoms with Crippen molar-refractivity contribution in [3.05, 3.63) is 0 Å². The van der Waals surface area contributed by atoms with Crippen molar-refractivity contribution in [2.75, 3.05) is 6.54 Å². The maximum Gasteiger partial charge on any atom is 0.303 e. The first-order valence-electron chi connectivity index (χ1n) is 7.62. The fourth-order valence-corrected chi connectivity index (χ4v) is 5.08. The van der Waals surface area contributed by atoms with Crippen molar-refractivity contribution in [2.24, 2.45) is 17.8 Å². The number of carboxylic acids is 1. The van der Waals surface area contributed by atoms with Gasteiger partial charge in [0.15, 0.2) is 0 Å². The second-order valence-electron chi connectivity index (χ2n) is 6.98. The van der Waals surface area contributed by atoms with Crippen LogP contribution in [0.3, 0.4) is 0 Å². The molecule has 4 saturated carbocycles. The summed E-state index contributed by atoms with van der Waals surface area (Å²) in [4.78, 5) is 10.5. The van der Waals surface area contributed by atoms with Gasteiger partial charge < -0.3 is 10.4 Å². The van der Waals surface area contributed by atoms with Crippen molar-refractivity contribution in [1.82, 2.24) is 5.32 Å². The summed E-state index contributed by atoms with van der Waals surface area (Å²) in [6.07, 6.45) is 10.8. The summed E-state index contributed by atoms with van der Waals surface area (Å²) in [5, 5.41) is 12.4. The highest BCUT2D eigenvalue weighted by Gasteiger charge is 2.50. The molecular weight excluding hydrogens is 226 g/mol. The molecule has 4 fully saturated rings. The highest BCUT2D eigenvalue weighted by atomic mass is 16.4. The van der Waals surface area contributed by atoms with E-state index >= 15 is 0 Å². The lowest BCUT2D eigenvalue weighted by molar-refractivity contribution is -0.137. The van der Waals surface area contributed by atoms with Gasteiger partial charge in [0.1, 0.15) is 0 Å². The highest BCUT2D eigenvalue weighted by molar-refractivity contribution is 5.66. The van der Waals surface area contributed by atoms with Gasteiger partial charge in [0, 0.05) is 12.0 Å². The molecule has 0 radical (unpaired) electrons. The van der Waals surface area contributed by atoms with Crippen LogP contribution in [0.5, 0.6) is 0 Å². The minimum atomic E-state index is -0.662. The number of unbranched alkanes of at least 4 members (excludes halogenated alkanes) is 1. The second-order valence-corrected chi connectivity index (χ2v) is 6.98. The molecule has 0 atom stereocenters. The van der Waals surface area contributed by atoms with Gasteiger partial charge >= 0.3 is 5.97 Å². The van der Waals surface area contributed by atoms with Crippen molar-refractivity contribution in [3.63, 3.8) is 0 Å². The van der Waals surface area contributed by atoms with Crippen LogP contribution in [0.25, 0.3) is 0 Å². The molecule has 0 aliphatic heterocycles. The van der Waals surface area contributed by atoms with E-state index < -0.39 is 5.97 Å². The Balaban J connectivity index is 1.46. The number of rotatable bonds is 6. The highest BCUT2D eigenvalue weighted by Crippen LogP contribution is 2.55. The zero-order chi connectivity index (χ0) is 12.6. The van der Waals surface area contributed by atoms with Crippen molar-refractivity contribution in [1.29, 1.82) is 0 Å². The van der Waals surface area contributed by atoms with Crippen LogP contribution in [0.15, 0.2) is 0 Å². The number of carboxylic acid groups (broad SMARTS) is 1. The summed E-state index contributed by atoms with van der Waals surface area (Å²) in [6, 6.07) is 0. The smallest absolute Gasteiger partial charge is 0.303 e. The number of hydrogen-bond donors (Lipinski definition) is 2. The minimum Gasteiger partial charge on any atom is -0.481 e. The number of nitrogens with one attached hydrogen (secondary N) is 1. The summed E-state index contributed by atoms with van der Waals surface area (Å²) in [5.41, 5.74) is 0.442. The lowest BCUT2D eigenvalue weighted by Crippen LogP contribution is -2.58. The molecule has 0 unspecified atom stereocenters. The van der Waals surface area contributed by atoms with Crippen molar-refractivity contribution in [2.45, 2.75) is 63.3 Å². The molecule has 2 N–H and O–H groups in total. The van der Waals surface area contributed by atoms with Crippen LogP contribution >= 0.6 is 0 Å². The Morgan fingerprint density at radius 2 is 1.61 bits per heavy atom. The molecule has 0 saturated heterocycles. The topological polar surface area (TPSA) is 49.3 Å². The van der Waals surface area contributed by atoms with Gasteiger partial charge in [-0.15, -0.1) is 0 Å². The first-order chi connectivity index (χ1) is 8.65. The molecule has 3 heteroatoms. The molecule has 0 amide bonds. The van der Waals surface area contributed by atoms with Crippen LogP contribution in [0.2, 0.25) is 0 Å². The number of carbonyl (C=O) groups is 1. The summed E-state index contributed by atoms with van der Waals surface area (Å²) >= 11 is 0. The normalized spacial score (nSPS) is 41.2. The molecule has 4 rings (SSSR count). The Morgan fingerprint density at radius 1 is 1.06 bits per heavy atom. The Hall–Kier alpha value is -0.570. The Morgan fingerprint density at radius 3 is 2.11 bits per heavy atom. The Labute approximate surface area is 109 Å². The molecule has 102 valence electrons. The van der Waals surface area contributed by atoms with Crippen molar-refractivity contribution < 1.29 is 9.90 Å². The van der Waals surface area contributed by atoms with Gasteiger partial charge in [0.2, 0.25) is 0 Å². The zero-order valence-corrected chi connectivity index (χ0v) is 11.2. The molecule has 0 heterocycles. The predicted octanol–water partition coefficient (Wildman–Crippen LogP) is 2.80. The van der Waals surface area contributed by atoms with Gasteiger partial charge in [-0.3, -0.25) is 4.79 Å². The standard InChI is InChI=1S/C15H25NO2/c17-14(18)3-1-2-4-16-15-8-11-5-12(9-15)7-13(6-11)10-15/h11-13,16H,1-10H2,(H,17,18). The average Bonchev–Trinajstić information content (AvgIpc) is 2.25. The van der Waals surface area contributed by atoms with Crippen LogP contribution in [0.1, 0.15) is 57.8 Å². The fraction of sp³-hybridized carbons (Fsp3) is 0.933. The Kier molecular flexibility index (Phi) is 3.35. The summed E-state index contributed by atoms with van der Waals surface area (Å²) in [6.45, 7) is 1.01. The van der Waals surface area contributed by atoms with Gasteiger partial charge in [-0.2, -0.15) is 0 Å². The van der Waals surface area contributed by atoms with E-state index in [1.165, 1.54) is 38.5 Å². The van der Waals surface area contributed by atoms with Gasteiger partial charge in [0.25, 0.3) is 0 Å². The van der Waals surface area contributed by atoms with Crippen LogP contribution in [-0.2, 0) is 4.79 Å². The third-order valence-electron chi connectivity index (χ3n) is 5.36. The van der Waals surface area contributed by atoms with E-state index in [1.807, 2.05) is 0 Å². The second kappa shape index (κ2) is 4.84. The molecular formula is C15H25NO2. The maximum atomic E-state index is 10.5. The quantitative estimate of drug-likeness (QED) is 0.714. The molecule has 4 bridgehead atoms. The van der Waals surface area contributed by atoms with E-state index in [0.717, 1.165) is 37.1 Å². The molecule has 3 nitrogen and oxygen atoms in total. The molecule has 4 aliphatic rings. The SMILES string of the molecule is O=C(O)CCCCNC12CC3CC(CC(C3)C1)C2. The summed E-state index contributed by atoms with van der Waals surface area (Å²) < 4.78 is 0. The lowest BCUT2D eigenvalue weighted by atomic mass is 9.53. The van der Waals surface area contributed by atoms with Gasteiger partial charge in [-0.25, -0.2) is 0 Å². The van der Waals surface area contributed by atoms with E-state index in [1.54, 1.807) is 0 Å². The summed E-state index contributed by atoms with van der Waals surface area (Å²) in [7, 11) is 0. The number of aliphatic carboxylic acids is 1. The van der Waals surface area contributed by atoms with Gasteiger partial charge in [0.05, 0.1) is 0 Å². The average molecular weight is 251 g/mol. The zero-order valence-electron chi connectivity index (χ0n) is 11.2. The third-order valence-corrected chi connectivity index (χ3v) is 5.36. The predicted molar refractivity (Wildman–Crippen MR) is 70.4 cm³/mol. The third kappa shape index (κ3) is 2.56. The van der Waals surface area contributed by atoms with E-state index in [-0.39, 0.29) is 0 Å². The van der Waals surface area contributed by atoms with Gasteiger partial charge in [-0.05, 0) is 75.7 Å². The largest absolute Gasteiger partial charge is 0.481 e. The number of hydrogen-bond acceptors (Lipinski definition) is 2. The lowest BCUT2D eigenvalue weighted by Gasteiger charge is -2.57. The van der Waals surface area contributed by atoms with Crippen molar-refractivity contribution >= 4 is 5.97 Å². The van der Waals surface area contributed by atoms with Crippen molar-refractivity contribution in [3.8, 4) is 0 Å². The summed E-state index contributed by atoms with van der Waals surface area (Å²) in [5.74, 6) is 2.30. The van der Waals surface area contributed by atoms with Crippen LogP contribution in [-0.4, -0.2) is 23.2 Å². The van der Waals surface area contributed by atoms with Crippen LogP contribution in [0, 0.1) is 17.8 Å². The van der Waals surface area contributed by atoms with Gasteiger partial charge in [-0.1, -0.05) is 0 Å². The van der Waals surface area contributed by atoms with E-state index in [4.69, 9.17) is 5.11 Å².